The molecule has 17 heavy (non-hydrogen) atoms. The van der Waals surface area contributed by atoms with Crippen LogP contribution in [0.3, 0.4) is 0 Å². The van der Waals surface area contributed by atoms with E-state index in [1.807, 2.05) is 19.1 Å². The summed E-state index contributed by atoms with van der Waals surface area (Å²) in [4.78, 5) is 11.3. The molecule has 1 aromatic heterocycles. The summed E-state index contributed by atoms with van der Waals surface area (Å²) in [5.41, 5.74) is 2.44. The van der Waals surface area contributed by atoms with Crippen LogP contribution in [0.2, 0.25) is 0 Å². The van der Waals surface area contributed by atoms with E-state index < -0.39 is 0 Å². The molecule has 0 saturated carbocycles. The molecule has 0 unspecified atom stereocenters. The molecule has 1 N–H and O–H groups in total. The number of aryl methyl sites for hydroxylation is 1. The Morgan fingerprint density at radius 1 is 1.53 bits per heavy atom. The zero-order valence-electron chi connectivity index (χ0n) is 9.29. The largest absolute Gasteiger partial charge is 0.322 e. The highest BCUT2D eigenvalue weighted by Gasteiger charge is 2.04. The average molecular weight is 229 g/mol. The van der Waals surface area contributed by atoms with Crippen LogP contribution in [0, 0.1) is 6.92 Å². The maximum atomic E-state index is 11.3. The van der Waals surface area contributed by atoms with Gasteiger partial charge >= 0.3 is 0 Å². The molecule has 0 bridgehead atoms. The molecule has 0 atom stereocenters. The average Bonchev–Trinajstić information content (AvgIpc) is 2.85. The van der Waals surface area contributed by atoms with E-state index in [4.69, 9.17) is 0 Å². The number of amides is 1. The molecule has 2 rings (SSSR count). The molecule has 0 aliphatic heterocycles. The zero-order valence-corrected chi connectivity index (χ0v) is 9.29. The van der Waals surface area contributed by atoms with Crippen LogP contribution in [0.25, 0.3) is 5.69 Å². The Labute approximate surface area is 98.0 Å². The Morgan fingerprint density at radius 3 is 3.00 bits per heavy atom. The van der Waals surface area contributed by atoms with Gasteiger partial charge in [-0.05, 0) is 41.1 Å². The normalized spacial score (nSPS) is 9.94. The maximum absolute atomic E-state index is 11.3. The van der Waals surface area contributed by atoms with Gasteiger partial charge in [-0.25, -0.2) is 4.68 Å². The van der Waals surface area contributed by atoms with Crippen LogP contribution in [0.15, 0.2) is 37.2 Å². The van der Waals surface area contributed by atoms with Crippen molar-refractivity contribution >= 4 is 11.6 Å². The molecule has 0 spiro atoms. The topological polar surface area (TPSA) is 72.7 Å². The highest BCUT2D eigenvalue weighted by molar-refractivity contribution is 5.99. The van der Waals surface area contributed by atoms with Crippen LogP contribution >= 0.6 is 0 Å². The van der Waals surface area contributed by atoms with Gasteiger partial charge in [0.2, 0.25) is 5.91 Å². The summed E-state index contributed by atoms with van der Waals surface area (Å²) in [6.45, 7) is 5.31. The highest BCUT2D eigenvalue weighted by atomic mass is 16.1. The van der Waals surface area contributed by atoms with Crippen molar-refractivity contribution in [3.8, 4) is 5.69 Å². The van der Waals surface area contributed by atoms with E-state index in [1.165, 1.54) is 17.1 Å². The minimum atomic E-state index is -0.248. The van der Waals surface area contributed by atoms with Gasteiger partial charge in [-0.15, -0.1) is 5.10 Å². The standard InChI is InChI=1S/C11H11N5O/c1-3-11(17)13-10-6-9(5-4-8(10)2)16-7-12-14-15-16/h3-7H,1H2,2H3,(H,13,17). The van der Waals surface area contributed by atoms with Gasteiger partial charge in [0.1, 0.15) is 6.33 Å². The molecule has 86 valence electrons. The molecule has 0 aliphatic carbocycles. The second-order valence-electron chi connectivity index (χ2n) is 3.45. The van der Waals surface area contributed by atoms with Crippen LogP contribution in [0.1, 0.15) is 5.56 Å². The lowest BCUT2D eigenvalue weighted by Gasteiger charge is -2.08. The summed E-state index contributed by atoms with van der Waals surface area (Å²) in [5, 5.41) is 13.6. The lowest BCUT2D eigenvalue weighted by atomic mass is 10.2. The second-order valence-corrected chi connectivity index (χ2v) is 3.45. The quantitative estimate of drug-likeness (QED) is 0.800. The number of benzene rings is 1. The predicted octanol–water partition coefficient (Wildman–Crippen LogP) is 1.10. The first kappa shape index (κ1) is 11.0. The molecular weight excluding hydrogens is 218 g/mol. The SMILES string of the molecule is C=CC(=O)Nc1cc(-n2cnnn2)ccc1C. The van der Waals surface area contributed by atoms with Crippen molar-refractivity contribution in [2.24, 2.45) is 0 Å². The van der Waals surface area contributed by atoms with E-state index in [1.54, 1.807) is 6.07 Å². The fourth-order valence-corrected chi connectivity index (χ4v) is 1.35. The molecule has 0 aliphatic rings. The van der Waals surface area contributed by atoms with Gasteiger partial charge in [0, 0.05) is 5.69 Å². The second kappa shape index (κ2) is 4.56. The summed E-state index contributed by atoms with van der Waals surface area (Å²) in [7, 11) is 0. The molecule has 0 radical (unpaired) electrons. The molecule has 0 fully saturated rings. The van der Waals surface area contributed by atoms with Crippen molar-refractivity contribution in [2.45, 2.75) is 6.92 Å². The Bertz CT molecular complexity index is 547. The van der Waals surface area contributed by atoms with Crippen molar-refractivity contribution in [1.82, 2.24) is 20.2 Å². The van der Waals surface area contributed by atoms with E-state index in [0.717, 1.165) is 11.3 Å². The Morgan fingerprint density at radius 2 is 2.35 bits per heavy atom. The number of tetrazole rings is 1. The Kier molecular flexibility index (Phi) is 2.95. The van der Waals surface area contributed by atoms with E-state index in [0.29, 0.717) is 5.69 Å². The van der Waals surface area contributed by atoms with E-state index >= 15 is 0 Å². The van der Waals surface area contributed by atoms with Crippen molar-refractivity contribution < 1.29 is 4.79 Å². The fraction of sp³-hybridized carbons (Fsp3) is 0.0909. The van der Waals surface area contributed by atoms with Gasteiger partial charge in [0.15, 0.2) is 0 Å². The first-order valence-electron chi connectivity index (χ1n) is 4.98. The fourth-order valence-electron chi connectivity index (χ4n) is 1.35. The van der Waals surface area contributed by atoms with Crippen LogP contribution in [-0.4, -0.2) is 26.1 Å². The maximum Gasteiger partial charge on any atom is 0.247 e. The third kappa shape index (κ3) is 2.36. The number of nitrogens with one attached hydrogen (secondary N) is 1. The molecule has 6 heteroatoms. The zero-order chi connectivity index (χ0) is 12.3. The van der Waals surface area contributed by atoms with Crippen LogP contribution in [0.5, 0.6) is 0 Å². The van der Waals surface area contributed by atoms with Crippen molar-refractivity contribution in [1.29, 1.82) is 0 Å². The first-order valence-corrected chi connectivity index (χ1v) is 4.98. The number of hydrogen-bond donors (Lipinski definition) is 1. The van der Waals surface area contributed by atoms with Gasteiger partial charge in [-0.2, -0.15) is 0 Å². The molecule has 0 saturated heterocycles. The number of aromatic nitrogens is 4. The van der Waals surface area contributed by atoms with Crippen LogP contribution in [0.4, 0.5) is 5.69 Å². The summed E-state index contributed by atoms with van der Waals surface area (Å²) in [6, 6.07) is 5.55. The highest BCUT2D eigenvalue weighted by Crippen LogP contribution is 2.18. The predicted molar refractivity (Wildman–Crippen MR) is 62.7 cm³/mol. The monoisotopic (exact) mass is 229 g/mol. The van der Waals surface area contributed by atoms with Crippen LogP contribution in [-0.2, 0) is 4.79 Å². The number of rotatable bonds is 3. The third-order valence-corrected chi connectivity index (χ3v) is 2.28. The summed E-state index contributed by atoms with van der Waals surface area (Å²) < 4.78 is 1.52. The van der Waals surface area contributed by atoms with Gasteiger partial charge in [-0.1, -0.05) is 12.6 Å². The number of carbonyl (C=O) groups is 1. The van der Waals surface area contributed by atoms with Crippen LogP contribution < -0.4 is 5.32 Å². The smallest absolute Gasteiger partial charge is 0.247 e. The minimum Gasteiger partial charge on any atom is -0.322 e. The van der Waals surface area contributed by atoms with Gasteiger partial charge < -0.3 is 5.32 Å². The number of carbonyl (C=O) groups excluding carboxylic acids is 1. The van der Waals surface area contributed by atoms with E-state index in [2.05, 4.69) is 27.4 Å². The lowest BCUT2D eigenvalue weighted by Crippen LogP contribution is -2.09. The Hall–Kier alpha value is -2.50. The summed E-state index contributed by atoms with van der Waals surface area (Å²) in [6.07, 6.45) is 2.72. The van der Waals surface area contributed by atoms with Gasteiger partial charge in [0.05, 0.1) is 5.69 Å². The molecule has 6 nitrogen and oxygen atoms in total. The third-order valence-electron chi connectivity index (χ3n) is 2.28. The van der Waals surface area contributed by atoms with Crippen molar-refractivity contribution in [3.63, 3.8) is 0 Å². The van der Waals surface area contributed by atoms with E-state index in [9.17, 15) is 4.79 Å². The summed E-state index contributed by atoms with van der Waals surface area (Å²) >= 11 is 0. The molecule has 1 heterocycles. The lowest BCUT2D eigenvalue weighted by molar-refractivity contribution is -0.111. The van der Waals surface area contributed by atoms with E-state index in [-0.39, 0.29) is 5.91 Å². The molecule has 2 aromatic rings. The van der Waals surface area contributed by atoms with Crippen molar-refractivity contribution in [3.05, 3.63) is 42.7 Å². The Balaban J connectivity index is 2.36. The molecule has 1 aromatic carbocycles. The number of nitrogens with zero attached hydrogens (tertiary/aromatic N) is 4. The minimum absolute atomic E-state index is 0.248. The first-order chi connectivity index (χ1) is 8.20. The summed E-state index contributed by atoms with van der Waals surface area (Å²) in [5.74, 6) is -0.248. The number of hydrogen-bond acceptors (Lipinski definition) is 4. The molecular formula is C11H11N5O. The van der Waals surface area contributed by atoms with Gasteiger partial charge in [0.25, 0.3) is 0 Å². The number of anilines is 1. The van der Waals surface area contributed by atoms with Crippen molar-refractivity contribution in [2.75, 3.05) is 5.32 Å². The van der Waals surface area contributed by atoms with Gasteiger partial charge in [-0.3, -0.25) is 4.79 Å². The molecule has 1 amide bonds.